The number of benzene rings is 2. The van der Waals surface area contributed by atoms with E-state index in [1.165, 1.54) is 29.2 Å². The van der Waals surface area contributed by atoms with Gasteiger partial charge in [-0.15, -0.1) is 0 Å². The molecule has 3 rings (SSSR count). The van der Waals surface area contributed by atoms with Crippen LogP contribution < -0.4 is 9.62 Å². The van der Waals surface area contributed by atoms with Crippen LogP contribution in [0.25, 0.3) is 0 Å². The molecule has 2 amide bonds. The zero-order chi connectivity index (χ0) is 28.6. The quantitative estimate of drug-likeness (QED) is 0.327. The van der Waals surface area contributed by atoms with Gasteiger partial charge in [0.25, 0.3) is 0 Å². The lowest BCUT2D eigenvalue weighted by Crippen LogP contribution is -2.51. The maximum absolute atomic E-state index is 13.6. The molecule has 2 aromatic carbocycles. The molecule has 1 fully saturated rings. The summed E-state index contributed by atoms with van der Waals surface area (Å²) in [5.74, 6) is -1.01. The predicted molar refractivity (Wildman–Crippen MR) is 154 cm³/mol. The van der Waals surface area contributed by atoms with Crippen LogP contribution in [-0.2, 0) is 26.2 Å². The van der Waals surface area contributed by atoms with Crippen molar-refractivity contribution in [3.8, 4) is 0 Å². The van der Waals surface area contributed by atoms with Crippen molar-refractivity contribution in [1.29, 1.82) is 0 Å². The van der Waals surface area contributed by atoms with E-state index in [2.05, 4.69) is 5.32 Å². The maximum atomic E-state index is 13.6. The minimum absolute atomic E-state index is 0.0114. The second-order valence-electron chi connectivity index (χ2n) is 9.90. The molecule has 214 valence electrons. The third-order valence-corrected chi connectivity index (χ3v) is 8.90. The Balaban J connectivity index is 1.79. The minimum atomic E-state index is -3.67. The van der Waals surface area contributed by atoms with E-state index in [0.717, 1.165) is 42.7 Å². The van der Waals surface area contributed by atoms with Gasteiger partial charge in [-0.2, -0.15) is 0 Å². The standard InChI is InChI=1S/C28H36Cl2FN3O4S/c1-3-26(28(36)32-21-9-5-4-6-10-21)33(19-23-24(29)11-7-12-25(23)30)27(35)13-8-18-34(39(2,37)38)22-16-14-20(31)15-17-22/h7,11-12,14-17,21,26H,3-6,8-10,13,18-19H2,1-2H3,(H,32,36)/t26-/m1/s1. The van der Waals surface area contributed by atoms with Crippen LogP contribution >= 0.6 is 23.2 Å². The van der Waals surface area contributed by atoms with Crippen molar-refractivity contribution in [1.82, 2.24) is 10.2 Å². The average molecular weight is 601 g/mol. The second kappa shape index (κ2) is 14.3. The Kier molecular flexibility index (Phi) is 11.4. The zero-order valence-electron chi connectivity index (χ0n) is 22.3. The third-order valence-electron chi connectivity index (χ3n) is 6.99. The van der Waals surface area contributed by atoms with Crippen LogP contribution in [0.1, 0.15) is 63.9 Å². The first kappa shape index (κ1) is 31.2. The molecule has 2 aromatic rings. The Morgan fingerprint density at radius 3 is 2.23 bits per heavy atom. The molecule has 1 aliphatic rings. The number of carbonyl (C=O) groups excluding carboxylic acids is 2. The number of halogens is 3. The summed E-state index contributed by atoms with van der Waals surface area (Å²) in [6.45, 7) is 1.91. The maximum Gasteiger partial charge on any atom is 0.243 e. The van der Waals surface area contributed by atoms with Crippen LogP contribution in [0.4, 0.5) is 10.1 Å². The average Bonchev–Trinajstić information content (AvgIpc) is 2.88. The molecule has 39 heavy (non-hydrogen) atoms. The molecule has 0 radical (unpaired) electrons. The van der Waals surface area contributed by atoms with Gasteiger partial charge in [0.15, 0.2) is 0 Å². The minimum Gasteiger partial charge on any atom is -0.352 e. The summed E-state index contributed by atoms with van der Waals surface area (Å²) in [6, 6.07) is 9.55. The van der Waals surface area contributed by atoms with E-state index < -0.39 is 21.9 Å². The number of hydrogen-bond acceptors (Lipinski definition) is 4. The van der Waals surface area contributed by atoms with Crippen LogP contribution in [0, 0.1) is 5.82 Å². The molecule has 1 N–H and O–H groups in total. The van der Waals surface area contributed by atoms with Gasteiger partial charge in [-0.1, -0.05) is 55.5 Å². The highest BCUT2D eigenvalue weighted by molar-refractivity contribution is 7.92. The molecule has 7 nitrogen and oxygen atoms in total. The monoisotopic (exact) mass is 599 g/mol. The molecule has 1 atom stereocenters. The fourth-order valence-corrected chi connectivity index (χ4v) is 6.41. The first-order chi connectivity index (χ1) is 18.5. The van der Waals surface area contributed by atoms with Crippen molar-refractivity contribution in [2.75, 3.05) is 17.1 Å². The highest BCUT2D eigenvalue weighted by atomic mass is 35.5. The topological polar surface area (TPSA) is 86.8 Å². The van der Waals surface area contributed by atoms with Gasteiger partial charge < -0.3 is 10.2 Å². The molecular formula is C28H36Cl2FN3O4S. The van der Waals surface area contributed by atoms with Crippen LogP contribution in [-0.4, -0.2) is 50.0 Å². The van der Waals surface area contributed by atoms with Gasteiger partial charge in [-0.3, -0.25) is 13.9 Å². The number of amides is 2. The van der Waals surface area contributed by atoms with Gasteiger partial charge in [0.1, 0.15) is 11.9 Å². The van der Waals surface area contributed by atoms with Gasteiger partial charge in [0, 0.05) is 41.2 Å². The summed E-state index contributed by atoms with van der Waals surface area (Å²) in [6.07, 6.45) is 6.73. The van der Waals surface area contributed by atoms with E-state index in [1.807, 2.05) is 6.92 Å². The predicted octanol–water partition coefficient (Wildman–Crippen LogP) is 5.94. The third kappa shape index (κ3) is 8.82. The Bertz CT molecular complexity index is 1220. The normalized spacial score (nSPS) is 15.0. The van der Waals surface area contributed by atoms with Crippen molar-refractivity contribution in [3.05, 3.63) is 63.9 Å². The van der Waals surface area contributed by atoms with Crippen LogP contribution in [0.5, 0.6) is 0 Å². The summed E-state index contributed by atoms with van der Waals surface area (Å²) in [5, 5.41) is 3.91. The number of carbonyl (C=O) groups is 2. The number of nitrogens with zero attached hydrogens (tertiary/aromatic N) is 2. The van der Waals surface area contributed by atoms with E-state index in [1.54, 1.807) is 18.2 Å². The molecule has 0 aliphatic heterocycles. The van der Waals surface area contributed by atoms with Gasteiger partial charge in [0.2, 0.25) is 21.8 Å². The summed E-state index contributed by atoms with van der Waals surface area (Å²) in [5.41, 5.74) is 0.853. The van der Waals surface area contributed by atoms with Gasteiger partial charge >= 0.3 is 0 Å². The molecule has 0 aromatic heterocycles. The van der Waals surface area contributed by atoms with E-state index >= 15 is 0 Å². The Morgan fingerprint density at radius 2 is 1.67 bits per heavy atom. The lowest BCUT2D eigenvalue weighted by atomic mass is 9.95. The summed E-state index contributed by atoms with van der Waals surface area (Å²) >= 11 is 12.8. The number of rotatable bonds is 12. The smallest absolute Gasteiger partial charge is 0.243 e. The first-order valence-electron chi connectivity index (χ1n) is 13.3. The molecule has 0 bridgehead atoms. The summed E-state index contributed by atoms with van der Waals surface area (Å²) in [7, 11) is -3.67. The van der Waals surface area contributed by atoms with Crippen LogP contribution in [0.3, 0.4) is 0 Å². The van der Waals surface area contributed by atoms with Crippen molar-refractivity contribution in [2.45, 2.75) is 76.9 Å². The number of anilines is 1. The molecule has 0 heterocycles. The van der Waals surface area contributed by atoms with Crippen molar-refractivity contribution in [2.24, 2.45) is 0 Å². The SMILES string of the molecule is CC[C@H](C(=O)NC1CCCCC1)N(Cc1c(Cl)cccc1Cl)C(=O)CCCN(c1ccc(F)cc1)S(C)(=O)=O. The summed E-state index contributed by atoms with van der Waals surface area (Å²) in [4.78, 5) is 28.5. The second-order valence-corrected chi connectivity index (χ2v) is 12.6. The number of nitrogens with one attached hydrogen (secondary N) is 1. The molecular weight excluding hydrogens is 564 g/mol. The van der Waals surface area contributed by atoms with Crippen LogP contribution in [0.2, 0.25) is 10.0 Å². The Morgan fingerprint density at radius 1 is 1.05 bits per heavy atom. The number of sulfonamides is 1. The highest BCUT2D eigenvalue weighted by Gasteiger charge is 2.31. The van der Waals surface area contributed by atoms with Crippen molar-refractivity contribution >= 4 is 50.7 Å². The first-order valence-corrected chi connectivity index (χ1v) is 15.9. The van der Waals surface area contributed by atoms with Gasteiger partial charge in [0.05, 0.1) is 11.9 Å². The molecule has 0 saturated heterocycles. The number of hydrogen-bond donors (Lipinski definition) is 1. The lowest BCUT2D eigenvalue weighted by molar-refractivity contribution is -0.141. The fourth-order valence-electron chi connectivity index (χ4n) is 4.93. The molecule has 1 saturated carbocycles. The largest absolute Gasteiger partial charge is 0.352 e. The van der Waals surface area contributed by atoms with Gasteiger partial charge in [-0.05, 0) is 62.1 Å². The Hall–Kier alpha value is -2.36. The highest BCUT2D eigenvalue weighted by Crippen LogP contribution is 2.28. The van der Waals surface area contributed by atoms with E-state index in [4.69, 9.17) is 23.2 Å². The Labute approximate surface area is 240 Å². The lowest BCUT2D eigenvalue weighted by Gasteiger charge is -2.33. The molecule has 0 unspecified atom stereocenters. The molecule has 0 spiro atoms. The summed E-state index contributed by atoms with van der Waals surface area (Å²) < 4.78 is 39.4. The molecule has 11 heteroatoms. The van der Waals surface area contributed by atoms with Crippen LogP contribution in [0.15, 0.2) is 42.5 Å². The zero-order valence-corrected chi connectivity index (χ0v) is 24.7. The van der Waals surface area contributed by atoms with Crippen molar-refractivity contribution in [3.63, 3.8) is 0 Å². The van der Waals surface area contributed by atoms with Crippen molar-refractivity contribution < 1.29 is 22.4 Å². The molecule has 1 aliphatic carbocycles. The van der Waals surface area contributed by atoms with E-state index in [-0.39, 0.29) is 43.8 Å². The van der Waals surface area contributed by atoms with E-state index in [9.17, 15) is 22.4 Å². The van der Waals surface area contributed by atoms with Gasteiger partial charge in [-0.25, -0.2) is 12.8 Å². The van der Waals surface area contributed by atoms with E-state index in [0.29, 0.717) is 27.7 Å². The fraction of sp³-hybridized carbons (Fsp3) is 0.500.